The van der Waals surface area contributed by atoms with Gasteiger partial charge in [0, 0.05) is 43.7 Å². The summed E-state index contributed by atoms with van der Waals surface area (Å²) in [4.78, 5) is 20.5. The van der Waals surface area contributed by atoms with E-state index in [0.29, 0.717) is 5.92 Å². The van der Waals surface area contributed by atoms with Crippen LogP contribution in [0.1, 0.15) is 17.8 Å². The Labute approximate surface area is 125 Å². The van der Waals surface area contributed by atoms with Crippen LogP contribution < -0.4 is 0 Å². The van der Waals surface area contributed by atoms with Crippen LogP contribution in [0.3, 0.4) is 0 Å². The fourth-order valence-corrected chi connectivity index (χ4v) is 3.23. The number of nitrogens with zero attached hydrogens (tertiary/aromatic N) is 3. The zero-order chi connectivity index (χ0) is 14.4. The van der Waals surface area contributed by atoms with Gasteiger partial charge in [0.1, 0.15) is 0 Å². The SMILES string of the molecule is CN(C)C/C=C/C(=O)N1CCCC(Cc2nccs2)C1. The Morgan fingerprint density at radius 2 is 2.45 bits per heavy atom. The first-order valence-corrected chi connectivity index (χ1v) is 8.01. The summed E-state index contributed by atoms with van der Waals surface area (Å²) in [6.45, 7) is 2.56. The van der Waals surface area contributed by atoms with Gasteiger partial charge < -0.3 is 9.80 Å². The number of thiazole rings is 1. The Hall–Kier alpha value is -1.20. The van der Waals surface area contributed by atoms with E-state index >= 15 is 0 Å². The topological polar surface area (TPSA) is 36.4 Å². The van der Waals surface area contributed by atoms with Crippen molar-refractivity contribution in [1.29, 1.82) is 0 Å². The van der Waals surface area contributed by atoms with Gasteiger partial charge in [-0.2, -0.15) is 0 Å². The second-order valence-corrected chi connectivity index (χ2v) is 6.57. The number of likely N-dealkylation sites (tertiary alicyclic amines) is 1. The molecule has 0 aliphatic carbocycles. The van der Waals surface area contributed by atoms with E-state index in [1.165, 1.54) is 11.4 Å². The van der Waals surface area contributed by atoms with Gasteiger partial charge in [-0.3, -0.25) is 4.79 Å². The normalized spacial score (nSPS) is 19.9. The Morgan fingerprint density at radius 3 is 3.15 bits per heavy atom. The van der Waals surface area contributed by atoms with Crippen molar-refractivity contribution in [2.75, 3.05) is 33.7 Å². The lowest BCUT2D eigenvalue weighted by Gasteiger charge is -2.31. The van der Waals surface area contributed by atoms with Crippen LogP contribution >= 0.6 is 11.3 Å². The summed E-state index contributed by atoms with van der Waals surface area (Å²) in [6.07, 6.45) is 8.81. The standard InChI is InChI=1S/C15H23N3OS/c1-17(2)8-4-6-15(19)18-9-3-5-13(12-18)11-14-16-7-10-20-14/h4,6-7,10,13H,3,5,8-9,11-12H2,1-2H3/b6-4+. The molecular weight excluding hydrogens is 270 g/mol. The van der Waals surface area contributed by atoms with Crippen LogP contribution in [0.2, 0.25) is 0 Å². The highest BCUT2D eigenvalue weighted by Crippen LogP contribution is 2.21. The van der Waals surface area contributed by atoms with Gasteiger partial charge >= 0.3 is 0 Å². The van der Waals surface area contributed by atoms with Gasteiger partial charge in [-0.15, -0.1) is 11.3 Å². The minimum atomic E-state index is 0.149. The predicted molar refractivity (Wildman–Crippen MR) is 82.8 cm³/mol. The van der Waals surface area contributed by atoms with Crippen molar-refractivity contribution in [3.8, 4) is 0 Å². The minimum absolute atomic E-state index is 0.149. The van der Waals surface area contributed by atoms with Crippen molar-refractivity contribution in [2.24, 2.45) is 5.92 Å². The number of likely N-dealkylation sites (N-methyl/N-ethyl adjacent to an activating group) is 1. The van der Waals surface area contributed by atoms with E-state index in [-0.39, 0.29) is 5.91 Å². The molecule has 1 saturated heterocycles. The number of hydrogen-bond acceptors (Lipinski definition) is 4. The number of carbonyl (C=O) groups is 1. The summed E-state index contributed by atoms with van der Waals surface area (Å²) in [5.74, 6) is 0.705. The molecule has 4 nitrogen and oxygen atoms in total. The van der Waals surface area contributed by atoms with Crippen LogP contribution in [0.4, 0.5) is 0 Å². The smallest absolute Gasteiger partial charge is 0.246 e. The third kappa shape index (κ3) is 4.72. The Morgan fingerprint density at radius 1 is 1.60 bits per heavy atom. The summed E-state index contributed by atoms with van der Waals surface area (Å²) >= 11 is 1.71. The highest BCUT2D eigenvalue weighted by Gasteiger charge is 2.23. The molecule has 1 atom stereocenters. The van der Waals surface area contributed by atoms with Gasteiger partial charge in [-0.05, 0) is 32.9 Å². The number of piperidine rings is 1. The van der Waals surface area contributed by atoms with Crippen LogP contribution in [0.25, 0.3) is 0 Å². The summed E-state index contributed by atoms with van der Waals surface area (Å²) in [7, 11) is 4.00. The number of amides is 1. The monoisotopic (exact) mass is 293 g/mol. The second-order valence-electron chi connectivity index (χ2n) is 5.59. The highest BCUT2D eigenvalue weighted by molar-refractivity contribution is 7.09. The van der Waals surface area contributed by atoms with Crippen LogP contribution in [0.5, 0.6) is 0 Å². The van der Waals surface area contributed by atoms with E-state index in [2.05, 4.69) is 4.98 Å². The van der Waals surface area contributed by atoms with E-state index in [1.54, 1.807) is 17.4 Å². The first-order chi connectivity index (χ1) is 9.65. The number of carbonyl (C=O) groups excluding carboxylic acids is 1. The van der Waals surface area contributed by atoms with E-state index in [4.69, 9.17) is 0 Å². The molecule has 0 saturated carbocycles. The maximum atomic E-state index is 12.1. The number of aromatic nitrogens is 1. The van der Waals surface area contributed by atoms with Crippen molar-refractivity contribution in [3.05, 3.63) is 28.7 Å². The molecule has 1 aliphatic heterocycles. The van der Waals surface area contributed by atoms with E-state index < -0.39 is 0 Å². The van der Waals surface area contributed by atoms with Crippen molar-refractivity contribution < 1.29 is 4.79 Å². The van der Waals surface area contributed by atoms with Crippen LogP contribution in [0.15, 0.2) is 23.7 Å². The summed E-state index contributed by atoms with van der Waals surface area (Å²) in [6, 6.07) is 0. The van der Waals surface area contributed by atoms with Crippen molar-refractivity contribution in [3.63, 3.8) is 0 Å². The molecule has 0 aromatic carbocycles. The summed E-state index contributed by atoms with van der Waals surface area (Å²) in [5.41, 5.74) is 0. The lowest BCUT2D eigenvalue weighted by atomic mass is 9.95. The van der Waals surface area contributed by atoms with Gasteiger partial charge in [0.2, 0.25) is 5.91 Å². The maximum Gasteiger partial charge on any atom is 0.246 e. The molecule has 0 N–H and O–H groups in total. The number of hydrogen-bond donors (Lipinski definition) is 0. The Bertz CT molecular complexity index is 442. The van der Waals surface area contributed by atoms with Gasteiger partial charge in [-0.1, -0.05) is 6.08 Å². The quantitative estimate of drug-likeness (QED) is 0.780. The third-order valence-electron chi connectivity index (χ3n) is 3.51. The maximum absolute atomic E-state index is 12.1. The molecule has 0 radical (unpaired) electrons. The van der Waals surface area contributed by atoms with Crippen LogP contribution in [0, 0.1) is 5.92 Å². The molecule has 1 aromatic rings. The molecule has 2 rings (SSSR count). The first kappa shape index (κ1) is 15.2. The Kier molecular flexibility index (Phi) is 5.73. The van der Waals surface area contributed by atoms with Crippen molar-refractivity contribution in [1.82, 2.24) is 14.8 Å². The summed E-state index contributed by atoms with van der Waals surface area (Å²) < 4.78 is 0. The second kappa shape index (κ2) is 7.55. The van der Waals surface area contributed by atoms with Gasteiger partial charge in [-0.25, -0.2) is 4.98 Å². The first-order valence-electron chi connectivity index (χ1n) is 7.13. The molecule has 1 unspecified atom stereocenters. The molecule has 1 amide bonds. The Balaban J connectivity index is 1.83. The fourth-order valence-electron chi connectivity index (χ4n) is 2.50. The molecule has 0 spiro atoms. The van der Waals surface area contributed by atoms with E-state index in [9.17, 15) is 4.79 Å². The van der Waals surface area contributed by atoms with Crippen LogP contribution in [-0.2, 0) is 11.2 Å². The van der Waals surface area contributed by atoms with Gasteiger partial charge in [0.15, 0.2) is 0 Å². The molecule has 1 aliphatic rings. The van der Waals surface area contributed by atoms with E-state index in [1.807, 2.05) is 41.5 Å². The molecule has 1 fully saturated rings. The zero-order valence-electron chi connectivity index (χ0n) is 12.3. The molecule has 2 heterocycles. The van der Waals surface area contributed by atoms with Crippen molar-refractivity contribution >= 4 is 17.2 Å². The largest absolute Gasteiger partial charge is 0.339 e. The van der Waals surface area contributed by atoms with Gasteiger partial charge in [0.05, 0.1) is 5.01 Å². The zero-order valence-corrected chi connectivity index (χ0v) is 13.1. The molecule has 110 valence electrons. The fraction of sp³-hybridized carbons (Fsp3) is 0.600. The van der Waals surface area contributed by atoms with Gasteiger partial charge in [0.25, 0.3) is 0 Å². The molecule has 5 heteroatoms. The van der Waals surface area contributed by atoms with Crippen LogP contribution in [-0.4, -0.2) is 54.4 Å². The minimum Gasteiger partial charge on any atom is -0.339 e. The average Bonchev–Trinajstić information content (AvgIpc) is 2.91. The highest BCUT2D eigenvalue weighted by atomic mass is 32.1. The van der Waals surface area contributed by atoms with Crippen molar-refractivity contribution in [2.45, 2.75) is 19.3 Å². The molecule has 0 bridgehead atoms. The molecular formula is C15H23N3OS. The molecule has 20 heavy (non-hydrogen) atoms. The third-order valence-corrected chi connectivity index (χ3v) is 4.31. The lowest BCUT2D eigenvalue weighted by Crippen LogP contribution is -2.39. The average molecular weight is 293 g/mol. The number of rotatable bonds is 5. The molecule has 1 aromatic heterocycles. The predicted octanol–water partition coefficient (Wildman–Crippen LogP) is 2.04. The van der Waals surface area contributed by atoms with E-state index in [0.717, 1.165) is 32.5 Å². The summed E-state index contributed by atoms with van der Waals surface area (Å²) in [5, 5.41) is 3.21. The lowest BCUT2D eigenvalue weighted by molar-refractivity contribution is -0.127.